The maximum absolute atomic E-state index is 13.0. The van der Waals surface area contributed by atoms with E-state index in [9.17, 15) is 14.4 Å². The molecule has 4 aliphatic carbocycles. The zero-order chi connectivity index (χ0) is 23.3. The van der Waals surface area contributed by atoms with Crippen molar-refractivity contribution in [1.82, 2.24) is 5.32 Å². The van der Waals surface area contributed by atoms with E-state index in [1.165, 1.54) is 57.2 Å². The van der Waals surface area contributed by atoms with Crippen molar-refractivity contribution in [3.63, 3.8) is 0 Å². The summed E-state index contributed by atoms with van der Waals surface area (Å²) >= 11 is 5.10. The maximum atomic E-state index is 13.0. The molecule has 0 bridgehead atoms. The summed E-state index contributed by atoms with van der Waals surface area (Å²) in [5.41, 5.74) is 0.543. The molecular weight excluding hydrogens is 486 g/mol. The Bertz CT molecular complexity index is 774. The molecule has 180 valence electrons. The van der Waals surface area contributed by atoms with Crippen LogP contribution in [-0.2, 0) is 14.4 Å². The fourth-order valence-electron chi connectivity index (χ4n) is 8.60. The van der Waals surface area contributed by atoms with Crippen LogP contribution >= 0.6 is 27.7 Å². The van der Waals surface area contributed by atoms with Gasteiger partial charge in [-0.25, -0.2) is 0 Å². The second kappa shape index (κ2) is 9.36. The Hall–Kier alpha value is -0.360. The van der Waals surface area contributed by atoms with Crippen molar-refractivity contribution in [2.24, 2.45) is 46.3 Å². The third kappa shape index (κ3) is 4.25. The van der Waals surface area contributed by atoms with Crippen LogP contribution in [0.15, 0.2) is 0 Å². The minimum Gasteiger partial charge on any atom is -0.356 e. The standard InChI is InChI=1S/C26H40BrNO3S/c1-15(24(31)32-12-11-28-16(2)29)19-7-8-20-18-6-5-17-13-23(30)22(27)14-26(17,4)21(18)9-10-25(19,20)3/h15,17-22H,5-14H2,1-4H3,(H,28,29)/t15-,17-,18-,19+,20-,21-,22+,25+,26-/m0/s1. The number of hydrogen-bond acceptors (Lipinski definition) is 4. The van der Waals surface area contributed by atoms with Crippen LogP contribution in [0, 0.1) is 46.3 Å². The van der Waals surface area contributed by atoms with Crippen molar-refractivity contribution in [3.8, 4) is 0 Å². The number of amides is 1. The molecule has 4 saturated carbocycles. The Morgan fingerprint density at radius 3 is 2.56 bits per heavy atom. The van der Waals surface area contributed by atoms with Gasteiger partial charge in [0.1, 0.15) is 5.78 Å². The zero-order valence-corrected chi connectivity index (χ0v) is 22.5. The number of Topliss-reactive ketones (excluding diaryl/α,β-unsaturated/α-hetero) is 1. The number of halogens is 1. The zero-order valence-electron chi connectivity index (χ0n) is 20.1. The lowest BCUT2D eigenvalue weighted by Gasteiger charge is -2.61. The van der Waals surface area contributed by atoms with E-state index in [2.05, 4.69) is 42.0 Å². The first kappa shape index (κ1) is 24.8. The predicted octanol–water partition coefficient (Wildman–Crippen LogP) is 5.62. The first-order chi connectivity index (χ1) is 15.1. The number of carbonyl (C=O) groups excluding carboxylic acids is 3. The molecule has 1 amide bonds. The average molecular weight is 527 g/mol. The highest BCUT2D eigenvalue weighted by molar-refractivity contribution is 9.10. The second-order valence-electron chi connectivity index (χ2n) is 11.7. The molecule has 0 saturated heterocycles. The number of thioether (sulfide) groups is 1. The molecule has 4 nitrogen and oxygen atoms in total. The number of carbonyl (C=O) groups is 3. The molecule has 1 N–H and O–H groups in total. The van der Waals surface area contributed by atoms with Gasteiger partial charge >= 0.3 is 0 Å². The lowest BCUT2D eigenvalue weighted by molar-refractivity contribution is -0.139. The van der Waals surface area contributed by atoms with Crippen LogP contribution in [0.4, 0.5) is 0 Å². The number of fused-ring (bicyclic) bond motifs is 5. The van der Waals surface area contributed by atoms with E-state index in [-0.39, 0.29) is 27.5 Å². The molecule has 0 radical (unpaired) electrons. The number of rotatable bonds is 5. The molecule has 0 aromatic rings. The Morgan fingerprint density at radius 2 is 1.84 bits per heavy atom. The van der Waals surface area contributed by atoms with Crippen LogP contribution in [-0.4, -0.2) is 33.9 Å². The summed E-state index contributed by atoms with van der Waals surface area (Å²) in [6.07, 6.45) is 9.15. The molecule has 4 aliphatic rings. The van der Waals surface area contributed by atoms with Crippen LogP contribution in [0.1, 0.15) is 79.1 Å². The molecule has 0 aromatic heterocycles. The Morgan fingerprint density at radius 1 is 1.12 bits per heavy atom. The molecule has 4 rings (SSSR count). The first-order valence-corrected chi connectivity index (χ1v) is 14.6. The van der Waals surface area contributed by atoms with Gasteiger partial charge in [0.05, 0.1) is 4.83 Å². The van der Waals surface area contributed by atoms with Crippen molar-refractivity contribution < 1.29 is 14.4 Å². The smallest absolute Gasteiger partial charge is 0.216 e. The van der Waals surface area contributed by atoms with Gasteiger partial charge < -0.3 is 5.32 Å². The van der Waals surface area contributed by atoms with Crippen LogP contribution in [0.5, 0.6) is 0 Å². The number of alkyl halides is 1. The number of hydrogen-bond donors (Lipinski definition) is 1. The lowest BCUT2D eigenvalue weighted by Crippen LogP contribution is -2.55. The van der Waals surface area contributed by atoms with E-state index in [4.69, 9.17) is 0 Å². The first-order valence-electron chi connectivity index (χ1n) is 12.7. The summed E-state index contributed by atoms with van der Waals surface area (Å²) in [6, 6.07) is 0. The second-order valence-corrected chi connectivity index (χ2v) is 13.9. The van der Waals surface area contributed by atoms with E-state index in [0.29, 0.717) is 35.0 Å². The van der Waals surface area contributed by atoms with Crippen molar-refractivity contribution in [3.05, 3.63) is 0 Å². The fourth-order valence-corrected chi connectivity index (χ4v) is 10.3. The lowest BCUT2D eigenvalue weighted by atomic mass is 9.44. The molecule has 4 fully saturated rings. The van der Waals surface area contributed by atoms with Gasteiger partial charge in [0.25, 0.3) is 0 Å². The molecule has 32 heavy (non-hydrogen) atoms. The Kier molecular flexibility index (Phi) is 7.24. The third-order valence-electron chi connectivity index (χ3n) is 10.3. The highest BCUT2D eigenvalue weighted by Crippen LogP contribution is 2.68. The number of ketones is 1. The summed E-state index contributed by atoms with van der Waals surface area (Å²) in [5, 5.41) is 3.09. The highest BCUT2D eigenvalue weighted by Gasteiger charge is 2.61. The van der Waals surface area contributed by atoms with Crippen molar-refractivity contribution in [2.45, 2.75) is 83.9 Å². The summed E-state index contributed by atoms with van der Waals surface area (Å²) < 4.78 is 0. The highest BCUT2D eigenvalue weighted by atomic mass is 79.9. The minimum atomic E-state index is -0.0361. The molecule has 0 unspecified atom stereocenters. The molecule has 0 aliphatic heterocycles. The van der Waals surface area contributed by atoms with Gasteiger partial charge in [-0.1, -0.05) is 48.5 Å². The summed E-state index contributed by atoms with van der Waals surface area (Å²) in [7, 11) is 0. The Balaban J connectivity index is 1.44. The average Bonchev–Trinajstić information content (AvgIpc) is 3.08. The van der Waals surface area contributed by atoms with Crippen molar-refractivity contribution >= 4 is 44.5 Å². The van der Waals surface area contributed by atoms with Gasteiger partial charge in [0, 0.05) is 31.6 Å². The van der Waals surface area contributed by atoms with Gasteiger partial charge in [0.15, 0.2) is 5.12 Å². The van der Waals surface area contributed by atoms with Gasteiger partial charge in [-0.15, -0.1) is 0 Å². The Labute approximate surface area is 206 Å². The van der Waals surface area contributed by atoms with Gasteiger partial charge in [-0.2, -0.15) is 0 Å². The SMILES string of the molecule is CC(=O)NCCSC(=O)[C@@H](C)[C@H]1CC[C@H]2[C@@H]3CC[C@H]4CC(=O)[C@H](Br)C[C@]4(C)[C@H]3CC[C@]12C. The topological polar surface area (TPSA) is 63.2 Å². The maximum Gasteiger partial charge on any atom is 0.216 e. The summed E-state index contributed by atoms with van der Waals surface area (Å²) in [6.45, 7) is 9.20. The molecular formula is C26H40BrNO3S. The van der Waals surface area contributed by atoms with E-state index in [0.717, 1.165) is 30.6 Å². The van der Waals surface area contributed by atoms with E-state index >= 15 is 0 Å². The minimum absolute atomic E-state index is 0.0361. The fraction of sp³-hybridized carbons (Fsp3) is 0.885. The predicted molar refractivity (Wildman–Crippen MR) is 134 cm³/mol. The summed E-state index contributed by atoms with van der Waals surface area (Å²) in [5.74, 6) is 4.34. The molecule has 0 aromatic carbocycles. The molecule has 0 spiro atoms. The van der Waals surface area contributed by atoms with E-state index < -0.39 is 0 Å². The van der Waals surface area contributed by atoms with Crippen molar-refractivity contribution in [1.29, 1.82) is 0 Å². The molecule has 6 heteroatoms. The largest absolute Gasteiger partial charge is 0.356 e. The van der Waals surface area contributed by atoms with Crippen LogP contribution < -0.4 is 5.32 Å². The number of nitrogens with one attached hydrogen (secondary N) is 1. The van der Waals surface area contributed by atoms with E-state index in [1.54, 1.807) is 0 Å². The molecule has 0 heterocycles. The van der Waals surface area contributed by atoms with Crippen molar-refractivity contribution in [2.75, 3.05) is 12.3 Å². The quantitative estimate of drug-likeness (QED) is 0.373. The molecule has 9 atom stereocenters. The third-order valence-corrected chi connectivity index (χ3v) is 12.1. The van der Waals surface area contributed by atoms with Crippen LogP contribution in [0.2, 0.25) is 0 Å². The van der Waals surface area contributed by atoms with Gasteiger partial charge in [0.2, 0.25) is 5.91 Å². The van der Waals surface area contributed by atoms with Crippen LogP contribution in [0.25, 0.3) is 0 Å². The summed E-state index contributed by atoms with van der Waals surface area (Å²) in [4.78, 5) is 36.5. The van der Waals surface area contributed by atoms with Gasteiger partial charge in [-0.3, -0.25) is 14.4 Å². The van der Waals surface area contributed by atoms with E-state index in [1.807, 2.05) is 0 Å². The van der Waals surface area contributed by atoms with Crippen LogP contribution in [0.3, 0.4) is 0 Å². The normalized spacial score (nSPS) is 44.2. The van der Waals surface area contributed by atoms with Gasteiger partial charge in [-0.05, 0) is 85.4 Å². The monoisotopic (exact) mass is 525 g/mol.